The minimum absolute atomic E-state index is 0.145. The van der Waals surface area contributed by atoms with Crippen LogP contribution in [0.1, 0.15) is 19.4 Å². The van der Waals surface area contributed by atoms with Gasteiger partial charge in [-0.1, -0.05) is 183 Å². The molecule has 0 radical (unpaired) electrons. The lowest BCUT2D eigenvalue weighted by atomic mass is 9.94. The maximum Gasteiger partial charge on any atom is 0.0623 e. The highest BCUT2D eigenvalue weighted by atomic mass is 15.1. The predicted molar refractivity (Wildman–Crippen MR) is 286 cm³/mol. The number of hydrogen-bond acceptors (Lipinski definition) is 2. The lowest BCUT2D eigenvalue weighted by Gasteiger charge is -2.27. The number of anilines is 6. The second-order valence-electron chi connectivity index (χ2n) is 16.8. The average molecular weight is 847 g/mol. The Morgan fingerprint density at radius 1 is 0.273 bits per heavy atom. The molecule has 0 aliphatic rings. The quantitative estimate of drug-likeness (QED) is 0.134. The molecule has 0 heterocycles. The maximum atomic E-state index is 8.54. The molecular weight excluding hydrogens is 797 g/mol. The van der Waals surface area contributed by atoms with Gasteiger partial charge in [0.25, 0.3) is 0 Å². The second-order valence-corrected chi connectivity index (χ2v) is 16.8. The SMILES string of the molecule is [2H]C([2H])=C([2H])c1cccc(N(c2ccc(-c3ccc(N(c4cccc(C([2H])=C([2H])[2H])c4)c4ccc5c6ccccc6c6ccccc6c5c4)cc3)cc2)c2ccc3c4ccccc4c4ccccc4c3c2)c1. The zero-order valence-electron chi connectivity index (χ0n) is 41.8. The molecule has 0 N–H and O–H groups in total. The maximum absolute atomic E-state index is 8.54. The molecule has 310 valence electrons. The van der Waals surface area contributed by atoms with E-state index >= 15 is 0 Å². The lowest BCUT2D eigenvalue weighted by Crippen LogP contribution is -2.10. The first-order valence-electron chi connectivity index (χ1n) is 25.2. The molecule has 12 rings (SSSR count). The minimum atomic E-state index is -0.541. The predicted octanol–water partition coefficient (Wildman–Crippen LogP) is 18.5. The first-order chi connectivity index (χ1) is 35.2. The van der Waals surface area contributed by atoms with Crippen molar-refractivity contribution in [2.45, 2.75) is 0 Å². The van der Waals surface area contributed by atoms with Gasteiger partial charge in [0.05, 0.1) is 8.22 Å². The summed E-state index contributed by atoms with van der Waals surface area (Å²) in [6.07, 6.45) is 0. The average Bonchev–Trinajstić information content (AvgIpc) is 3.43. The molecule has 0 spiro atoms. The topological polar surface area (TPSA) is 6.48 Å². The molecule has 0 aromatic heterocycles. The van der Waals surface area contributed by atoms with E-state index in [-0.39, 0.29) is 12.1 Å². The second kappa shape index (κ2) is 16.1. The van der Waals surface area contributed by atoms with Gasteiger partial charge >= 0.3 is 0 Å². The van der Waals surface area contributed by atoms with Crippen LogP contribution in [0.4, 0.5) is 34.1 Å². The van der Waals surface area contributed by atoms with Crippen molar-refractivity contribution in [2.75, 3.05) is 9.80 Å². The van der Waals surface area contributed by atoms with Crippen LogP contribution in [0.15, 0.2) is 244 Å². The molecule has 0 saturated heterocycles. The van der Waals surface area contributed by atoms with Gasteiger partial charge in [-0.3, -0.25) is 0 Å². The number of nitrogens with zero attached hydrogens (tertiary/aromatic N) is 2. The van der Waals surface area contributed by atoms with Gasteiger partial charge in [-0.15, -0.1) is 0 Å². The van der Waals surface area contributed by atoms with Crippen molar-refractivity contribution in [3.63, 3.8) is 0 Å². The highest BCUT2D eigenvalue weighted by Gasteiger charge is 2.19. The van der Waals surface area contributed by atoms with E-state index in [0.29, 0.717) is 11.1 Å². The summed E-state index contributed by atoms with van der Waals surface area (Å²) in [7, 11) is 0. The molecule has 0 saturated carbocycles. The van der Waals surface area contributed by atoms with E-state index in [9.17, 15) is 0 Å². The van der Waals surface area contributed by atoms with Gasteiger partial charge in [0.15, 0.2) is 0 Å². The molecule has 66 heavy (non-hydrogen) atoms. The number of fused-ring (bicyclic) bond motifs is 12. The van der Waals surface area contributed by atoms with E-state index in [0.717, 1.165) is 77.6 Å². The molecule has 0 aliphatic heterocycles. The van der Waals surface area contributed by atoms with Crippen molar-refractivity contribution < 1.29 is 8.22 Å². The monoisotopic (exact) mass is 846 g/mol. The summed E-state index contributed by atoms with van der Waals surface area (Å²) >= 11 is 0. The Hall–Kier alpha value is -8.72. The summed E-state index contributed by atoms with van der Waals surface area (Å²) in [6, 6.07) is 79.0. The Morgan fingerprint density at radius 2 is 0.561 bits per heavy atom. The minimum Gasteiger partial charge on any atom is -0.310 e. The zero-order chi connectivity index (χ0) is 49.0. The van der Waals surface area contributed by atoms with Crippen LogP contribution >= 0.6 is 0 Å². The van der Waals surface area contributed by atoms with Gasteiger partial charge < -0.3 is 9.80 Å². The molecule has 0 bridgehead atoms. The van der Waals surface area contributed by atoms with Crippen LogP contribution in [0.2, 0.25) is 0 Å². The Balaban J connectivity index is 0.958. The van der Waals surface area contributed by atoms with E-state index in [1.807, 2.05) is 36.4 Å². The van der Waals surface area contributed by atoms with Crippen LogP contribution in [0, 0.1) is 0 Å². The van der Waals surface area contributed by atoms with Crippen molar-refractivity contribution in [1.82, 2.24) is 0 Å². The van der Waals surface area contributed by atoms with Crippen LogP contribution in [-0.4, -0.2) is 0 Å². The standard InChI is InChI=1S/C64H44N2/c1-3-43-15-13-17-49(39-43)65(51-35-37-61-57-23-7-5-19-53(57)55-21-9-11-25-59(55)63(61)41-51)47-31-27-45(28-32-47)46-29-33-48(34-30-46)66(50-18-14-16-44(4-2)40-50)52-36-38-62-58-24-8-6-20-54(58)56-22-10-12-26-60(56)64(62)42-52/h3-42H,1-2H2/i1D2,2D2,3D,4D. The smallest absolute Gasteiger partial charge is 0.0623 e. The van der Waals surface area contributed by atoms with E-state index < -0.39 is 13.1 Å². The first kappa shape index (κ1) is 32.9. The normalized spacial score (nSPS) is 12.6. The third-order valence-corrected chi connectivity index (χ3v) is 13.1. The van der Waals surface area contributed by atoms with Crippen LogP contribution in [0.25, 0.3) is 87.9 Å². The van der Waals surface area contributed by atoms with Gasteiger partial charge in [-0.2, -0.15) is 0 Å². The van der Waals surface area contributed by atoms with Gasteiger partial charge in [-0.25, -0.2) is 0 Å². The number of benzene rings is 12. The number of hydrogen-bond donors (Lipinski definition) is 0. The third kappa shape index (κ3) is 6.58. The van der Waals surface area contributed by atoms with Crippen LogP contribution in [0.5, 0.6) is 0 Å². The van der Waals surface area contributed by atoms with Crippen molar-refractivity contribution in [2.24, 2.45) is 0 Å². The molecule has 2 heteroatoms. The zero-order valence-corrected chi connectivity index (χ0v) is 35.8. The Labute approximate surface area is 393 Å². The molecule has 2 nitrogen and oxygen atoms in total. The first-order valence-corrected chi connectivity index (χ1v) is 22.2. The van der Waals surface area contributed by atoms with E-state index in [2.05, 4.69) is 192 Å². The Morgan fingerprint density at radius 3 is 0.894 bits per heavy atom. The summed E-state index contributed by atoms with van der Waals surface area (Å²) in [5.41, 5.74) is 8.27. The molecule has 0 unspecified atom stereocenters. The number of rotatable bonds is 9. The fraction of sp³-hybridized carbons (Fsp3) is 0. The Kier molecular flexibility index (Phi) is 8.03. The molecule has 0 fully saturated rings. The molecule has 12 aromatic carbocycles. The molecule has 0 amide bonds. The fourth-order valence-electron chi connectivity index (χ4n) is 10.0. The van der Waals surface area contributed by atoms with E-state index in [1.54, 1.807) is 12.1 Å². The molecule has 0 aliphatic carbocycles. The van der Waals surface area contributed by atoms with Crippen molar-refractivity contribution >= 4 is 111 Å². The fourth-order valence-corrected chi connectivity index (χ4v) is 10.0. The summed E-state index contributed by atoms with van der Waals surface area (Å²) in [5.74, 6) is 0. The Bertz CT molecular complexity index is 3830. The van der Waals surface area contributed by atoms with Crippen molar-refractivity contribution in [3.8, 4) is 11.1 Å². The highest BCUT2D eigenvalue weighted by molar-refractivity contribution is 6.27. The van der Waals surface area contributed by atoms with E-state index in [4.69, 9.17) is 8.22 Å². The molecular formula is C64H44N2. The van der Waals surface area contributed by atoms with Gasteiger partial charge in [0.1, 0.15) is 0 Å². The van der Waals surface area contributed by atoms with Crippen molar-refractivity contribution in [1.29, 1.82) is 0 Å². The summed E-state index contributed by atoms with van der Waals surface area (Å²) < 4.78 is 48.8. The van der Waals surface area contributed by atoms with Crippen molar-refractivity contribution in [3.05, 3.63) is 255 Å². The van der Waals surface area contributed by atoms with Gasteiger partial charge in [-0.05, 0) is 160 Å². The summed E-state index contributed by atoms with van der Waals surface area (Å²) in [4.78, 5) is 4.34. The van der Waals surface area contributed by atoms with Gasteiger partial charge in [0, 0.05) is 34.1 Å². The summed E-state index contributed by atoms with van der Waals surface area (Å²) in [5, 5.41) is 14.0. The summed E-state index contributed by atoms with van der Waals surface area (Å²) in [6.45, 7) is -1.08. The van der Waals surface area contributed by atoms with Crippen LogP contribution in [-0.2, 0) is 0 Å². The lowest BCUT2D eigenvalue weighted by molar-refractivity contribution is 1.28. The van der Waals surface area contributed by atoms with E-state index in [1.165, 1.54) is 32.3 Å². The van der Waals surface area contributed by atoms with Gasteiger partial charge in [0.2, 0.25) is 0 Å². The molecule has 12 aromatic rings. The largest absolute Gasteiger partial charge is 0.310 e. The van der Waals surface area contributed by atoms with Crippen LogP contribution < -0.4 is 9.80 Å². The molecule has 0 atom stereocenters. The highest BCUT2D eigenvalue weighted by Crippen LogP contribution is 2.44. The van der Waals surface area contributed by atoms with Crippen LogP contribution in [0.3, 0.4) is 0 Å². The third-order valence-electron chi connectivity index (χ3n) is 13.1.